The molecule has 0 atom stereocenters. The maximum Gasteiger partial charge on any atom is 0.306 e. The second kappa shape index (κ2) is 11.5. The molecule has 0 aliphatic heterocycles. The highest BCUT2D eigenvalue weighted by atomic mass is 35.5. The van der Waals surface area contributed by atoms with E-state index in [1.807, 2.05) is 4.90 Å². The van der Waals surface area contributed by atoms with Crippen molar-refractivity contribution in [2.45, 2.75) is 89.1 Å². The number of Topliss-reactive ketones (excluding diaryl/α,β-unsaturated/α-hetero) is 1. The molecule has 0 saturated heterocycles. The third-order valence-electron chi connectivity index (χ3n) is 6.30. The van der Waals surface area contributed by atoms with E-state index in [-0.39, 0.29) is 43.2 Å². The first-order valence-corrected chi connectivity index (χ1v) is 11.7. The summed E-state index contributed by atoms with van der Waals surface area (Å²) in [5, 5.41) is 0.560. The predicted molar refractivity (Wildman–Crippen MR) is 117 cm³/mol. The topological polar surface area (TPSA) is 63.7 Å². The van der Waals surface area contributed by atoms with Crippen molar-refractivity contribution in [2.75, 3.05) is 6.61 Å². The molecule has 3 rings (SSSR count). The lowest BCUT2D eigenvalue weighted by molar-refractivity contribution is -0.155. The van der Waals surface area contributed by atoms with E-state index < -0.39 is 5.97 Å². The predicted octanol–water partition coefficient (Wildman–Crippen LogP) is 5.34. The minimum Gasteiger partial charge on any atom is -0.456 e. The Balaban J connectivity index is 1.49. The standard InChI is InChI=1S/C24H32ClNO4/c25-19-13-11-18(12-14-19)22(27)15-16-24(29)30-17-23(28)26(20-7-3-1-4-8-20)21-9-5-2-6-10-21/h11-14,20-21H,1-10,15-17H2. The molecular formula is C24H32ClNO4. The first-order valence-electron chi connectivity index (χ1n) is 11.3. The summed E-state index contributed by atoms with van der Waals surface area (Å²) >= 11 is 5.83. The molecule has 0 spiro atoms. The van der Waals surface area contributed by atoms with Gasteiger partial charge >= 0.3 is 5.97 Å². The van der Waals surface area contributed by atoms with Crippen molar-refractivity contribution in [1.82, 2.24) is 4.90 Å². The van der Waals surface area contributed by atoms with Gasteiger partial charge in [0.05, 0.1) is 6.42 Å². The van der Waals surface area contributed by atoms with E-state index in [0.717, 1.165) is 51.4 Å². The van der Waals surface area contributed by atoms with E-state index in [1.165, 1.54) is 12.8 Å². The maximum atomic E-state index is 13.0. The van der Waals surface area contributed by atoms with Crippen LogP contribution in [-0.4, -0.2) is 41.3 Å². The zero-order valence-electron chi connectivity index (χ0n) is 17.6. The minimum atomic E-state index is -0.502. The van der Waals surface area contributed by atoms with E-state index in [1.54, 1.807) is 24.3 Å². The van der Waals surface area contributed by atoms with Gasteiger partial charge in [-0.2, -0.15) is 0 Å². The van der Waals surface area contributed by atoms with Crippen LogP contribution in [0.2, 0.25) is 5.02 Å². The number of hydrogen-bond donors (Lipinski definition) is 0. The zero-order valence-corrected chi connectivity index (χ0v) is 18.4. The molecule has 0 N–H and O–H groups in total. The van der Waals surface area contributed by atoms with Crippen LogP contribution >= 0.6 is 11.6 Å². The molecule has 0 aromatic heterocycles. The molecule has 0 bridgehead atoms. The van der Waals surface area contributed by atoms with Crippen molar-refractivity contribution in [1.29, 1.82) is 0 Å². The highest BCUT2D eigenvalue weighted by Gasteiger charge is 2.32. The second-order valence-electron chi connectivity index (χ2n) is 8.48. The van der Waals surface area contributed by atoms with Crippen LogP contribution in [0.4, 0.5) is 0 Å². The number of hydrogen-bond acceptors (Lipinski definition) is 4. The zero-order chi connectivity index (χ0) is 21.3. The molecule has 2 saturated carbocycles. The minimum absolute atomic E-state index is 0.0262. The molecule has 164 valence electrons. The number of amides is 1. The van der Waals surface area contributed by atoms with Gasteiger partial charge in [-0.05, 0) is 49.9 Å². The van der Waals surface area contributed by atoms with Crippen LogP contribution in [-0.2, 0) is 14.3 Å². The third-order valence-corrected chi connectivity index (χ3v) is 6.56. The van der Waals surface area contributed by atoms with Crippen LogP contribution in [0.1, 0.15) is 87.4 Å². The van der Waals surface area contributed by atoms with E-state index >= 15 is 0 Å². The number of esters is 1. The van der Waals surface area contributed by atoms with Crippen molar-refractivity contribution in [3.05, 3.63) is 34.9 Å². The lowest BCUT2D eigenvalue weighted by Gasteiger charge is -2.41. The van der Waals surface area contributed by atoms with Crippen molar-refractivity contribution < 1.29 is 19.1 Å². The first-order chi connectivity index (χ1) is 14.5. The Morgan fingerprint density at radius 3 is 1.90 bits per heavy atom. The summed E-state index contributed by atoms with van der Waals surface area (Å²) in [6, 6.07) is 7.14. The number of carbonyl (C=O) groups is 3. The molecule has 1 aromatic rings. The quantitative estimate of drug-likeness (QED) is 0.410. The number of nitrogens with zero attached hydrogens (tertiary/aromatic N) is 1. The lowest BCUT2D eigenvalue weighted by atomic mass is 9.88. The van der Waals surface area contributed by atoms with Crippen LogP contribution in [0.3, 0.4) is 0 Å². The van der Waals surface area contributed by atoms with Gasteiger partial charge in [0.25, 0.3) is 5.91 Å². The Morgan fingerprint density at radius 1 is 0.833 bits per heavy atom. The van der Waals surface area contributed by atoms with Gasteiger partial charge in [0, 0.05) is 29.1 Å². The van der Waals surface area contributed by atoms with Crippen molar-refractivity contribution >= 4 is 29.3 Å². The van der Waals surface area contributed by atoms with Crippen LogP contribution in [0.25, 0.3) is 0 Å². The number of halogens is 1. The van der Waals surface area contributed by atoms with Crippen LogP contribution in [0, 0.1) is 0 Å². The highest BCUT2D eigenvalue weighted by Crippen LogP contribution is 2.30. The Bertz CT molecular complexity index is 703. The van der Waals surface area contributed by atoms with Crippen molar-refractivity contribution in [2.24, 2.45) is 0 Å². The van der Waals surface area contributed by atoms with Gasteiger partial charge in [-0.15, -0.1) is 0 Å². The average Bonchev–Trinajstić information content (AvgIpc) is 2.78. The SMILES string of the molecule is O=C(CCC(=O)c1ccc(Cl)cc1)OCC(=O)N(C1CCCCC1)C1CCCCC1. The summed E-state index contributed by atoms with van der Waals surface area (Å²) in [6.07, 6.45) is 11.3. The van der Waals surface area contributed by atoms with Crippen LogP contribution in [0.5, 0.6) is 0 Å². The monoisotopic (exact) mass is 433 g/mol. The summed E-state index contributed by atoms with van der Waals surface area (Å²) in [6.45, 7) is -0.221. The maximum absolute atomic E-state index is 13.0. The van der Waals surface area contributed by atoms with Crippen LogP contribution < -0.4 is 0 Å². The molecule has 2 aliphatic carbocycles. The summed E-state index contributed by atoms with van der Waals surface area (Å²) in [7, 11) is 0. The Hall–Kier alpha value is -1.88. The molecular weight excluding hydrogens is 402 g/mol. The lowest BCUT2D eigenvalue weighted by Crippen LogP contribution is -2.50. The van der Waals surface area contributed by atoms with Gasteiger partial charge in [0.2, 0.25) is 0 Å². The molecule has 30 heavy (non-hydrogen) atoms. The summed E-state index contributed by atoms with van der Waals surface area (Å²) in [4.78, 5) is 39.4. The van der Waals surface area contributed by atoms with E-state index in [9.17, 15) is 14.4 Å². The fraction of sp³-hybridized carbons (Fsp3) is 0.625. The van der Waals surface area contributed by atoms with Gasteiger partial charge in [0.1, 0.15) is 0 Å². The van der Waals surface area contributed by atoms with Gasteiger partial charge in [0.15, 0.2) is 12.4 Å². The highest BCUT2D eigenvalue weighted by molar-refractivity contribution is 6.30. The molecule has 2 aliphatic rings. The summed E-state index contributed by atoms with van der Waals surface area (Å²) in [5.41, 5.74) is 0.518. The second-order valence-corrected chi connectivity index (χ2v) is 8.91. The number of ketones is 1. The van der Waals surface area contributed by atoms with Gasteiger partial charge < -0.3 is 9.64 Å². The fourth-order valence-corrected chi connectivity index (χ4v) is 4.83. The molecule has 1 amide bonds. The van der Waals surface area contributed by atoms with E-state index in [2.05, 4.69) is 0 Å². The van der Waals surface area contributed by atoms with Crippen molar-refractivity contribution in [3.8, 4) is 0 Å². The largest absolute Gasteiger partial charge is 0.456 e. The van der Waals surface area contributed by atoms with Gasteiger partial charge in [-0.1, -0.05) is 50.1 Å². The number of carbonyl (C=O) groups excluding carboxylic acids is 3. The third kappa shape index (κ3) is 6.56. The molecule has 0 radical (unpaired) electrons. The molecule has 0 unspecified atom stereocenters. The number of benzene rings is 1. The summed E-state index contributed by atoms with van der Waals surface area (Å²) < 4.78 is 5.27. The average molecular weight is 434 g/mol. The molecule has 1 aromatic carbocycles. The molecule has 0 heterocycles. The number of rotatable bonds is 8. The molecule has 5 nitrogen and oxygen atoms in total. The summed E-state index contributed by atoms with van der Waals surface area (Å²) in [5.74, 6) is -0.718. The number of ether oxygens (including phenoxy) is 1. The Labute approximate surface area is 184 Å². The smallest absolute Gasteiger partial charge is 0.306 e. The normalized spacial score (nSPS) is 18.0. The molecule has 6 heteroatoms. The first kappa shape index (κ1) is 22.8. The Morgan fingerprint density at radius 2 is 1.37 bits per heavy atom. The van der Waals surface area contributed by atoms with Gasteiger partial charge in [-0.3, -0.25) is 14.4 Å². The van der Waals surface area contributed by atoms with E-state index in [4.69, 9.17) is 16.3 Å². The van der Waals surface area contributed by atoms with E-state index in [0.29, 0.717) is 10.6 Å². The van der Waals surface area contributed by atoms with Crippen LogP contribution in [0.15, 0.2) is 24.3 Å². The molecule has 2 fully saturated rings. The van der Waals surface area contributed by atoms with Crippen molar-refractivity contribution in [3.63, 3.8) is 0 Å². The fourth-order valence-electron chi connectivity index (χ4n) is 4.71. The Kier molecular flexibility index (Phi) is 8.74. The van der Waals surface area contributed by atoms with Gasteiger partial charge in [-0.25, -0.2) is 0 Å².